The van der Waals surface area contributed by atoms with Gasteiger partial charge in [0.25, 0.3) is 0 Å². The molecule has 3 nitrogen and oxygen atoms in total. The van der Waals surface area contributed by atoms with Gasteiger partial charge in [-0.2, -0.15) is 0 Å². The second-order valence-electron chi connectivity index (χ2n) is 4.90. The summed E-state index contributed by atoms with van der Waals surface area (Å²) in [6.07, 6.45) is 3.61. The zero-order valence-electron chi connectivity index (χ0n) is 11.2. The molecule has 4 rings (SSSR count). The molecule has 0 aliphatic heterocycles. The Morgan fingerprint density at radius 3 is 2.81 bits per heavy atom. The molecule has 0 saturated carbocycles. The standard InChI is InChI=1S/C17H13N3S/c18-17-13-7-8-19-10-12(13)5-6-15(17)21-16-9-11-3-1-2-4-14(11)20-16/h1-10,20H,18H2. The van der Waals surface area contributed by atoms with Crippen LogP contribution in [0.25, 0.3) is 21.7 Å². The maximum absolute atomic E-state index is 6.30. The van der Waals surface area contributed by atoms with Crippen LogP contribution in [0, 0.1) is 0 Å². The maximum Gasteiger partial charge on any atom is 0.0781 e. The monoisotopic (exact) mass is 291 g/mol. The van der Waals surface area contributed by atoms with Gasteiger partial charge in [0.05, 0.1) is 10.7 Å². The zero-order valence-corrected chi connectivity index (χ0v) is 12.0. The lowest BCUT2D eigenvalue weighted by molar-refractivity contribution is 1.23. The third-order valence-corrected chi connectivity index (χ3v) is 4.56. The van der Waals surface area contributed by atoms with Gasteiger partial charge in [-0.25, -0.2) is 0 Å². The molecule has 2 heterocycles. The van der Waals surface area contributed by atoms with E-state index in [4.69, 9.17) is 5.73 Å². The van der Waals surface area contributed by atoms with Crippen molar-refractivity contribution in [1.29, 1.82) is 0 Å². The van der Waals surface area contributed by atoms with Crippen LogP contribution in [0.5, 0.6) is 0 Å². The number of H-pyrrole nitrogens is 1. The van der Waals surface area contributed by atoms with Crippen molar-refractivity contribution in [3.8, 4) is 0 Å². The zero-order chi connectivity index (χ0) is 14.2. The molecule has 3 N–H and O–H groups in total. The Labute approximate surface area is 126 Å². The van der Waals surface area contributed by atoms with E-state index >= 15 is 0 Å². The number of nitrogens with two attached hydrogens (primary N) is 1. The minimum Gasteiger partial charge on any atom is -0.397 e. The SMILES string of the molecule is Nc1c(Sc2cc3ccccc3[nH]2)ccc2cnccc12. The van der Waals surface area contributed by atoms with E-state index in [1.54, 1.807) is 18.0 Å². The van der Waals surface area contributed by atoms with E-state index in [1.807, 2.05) is 24.4 Å². The first kappa shape index (κ1) is 12.3. The first-order valence-electron chi connectivity index (χ1n) is 6.69. The molecule has 0 aliphatic carbocycles. The van der Waals surface area contributed by atoms with Gasteiger partial charge in [-0.3, -0.25) is 4.98 Å². The van der Waals surface area contributed by atoms with Crippen molar-refractivity contribution < 1.29 is 0 Å². The van der Waals surface area contributed by atoms with Crippen LogP contribution in [0.1, 0.15) is 0 Å². The van der Waals surface area contributed by atoms with E-state index in [-0.39, 0.29) is 0 Å². The fourth-order valence-corrected chi connectivity index (χ4v) is 3.42. The molecule has 4 heteroatoms. The van der Waals surface area contributed by atoms with E-state index < -0.39 is 0 Å². The Balaban J connectivity index is 1.78. The summed E-state index contributed by atoms with van der Waals surface area (Å²) in [6, 6.07) is 16.5. The van der Waals surface area contributed by atoms with Crippen molar-refractivity contribution in [1.82, 2.24) is 9.97 Å². The average Bonchev–Trinajstić information content (AvgIpc) is 2.93. The molecule has 0 aliphatic rings. The molecule has 0 amide bonds. The fourth-order valence-electron chi connectivity index (χ4n) is 2.48. The summed E-state index contributed by atoms with van der Waals surface area (Å²) >= 11 is 1.65. The summed E-state index contributed by atoms with van der Waals surface area (Å²) in [5, 5.41) is 4.42. The normalized spacial score (nSPS) is 11.2. The lowest BCUT2D eigenvalue weighted by Crippen LogP contribution is -1.91. The number of nitrogens with one attached hydrogen (secondary N) is 1. The van der Waals surface area contributed by atoms with Crippen molar-refractivity contribution in [2.45, 2.75) is 9.92 Å². The molecule has 0 bridgehead atoms. The number of hydrogen-bond donors (Lipinski definition) is 2. The summed E-state index contributed by atoms with van der Waals surface area (Å²) in [5.41, 5.74) is 8.24. The van der Waals surface area contributed by atoms with Gasteiger partial charge in [-0.05, 0) is 24.3 Å². The third-order valence-electron chi connectivity index (χ3n) is 3.55. The van der Waals surface area contributed by atoms with Crippen LogP contribution < -0.4 is 5.73 Å². The highest BCUT2D eigenvalue weighted by atomic mass is 32.2. The van der Waals surface area contributed by atoms with Crippen molar-refractivity contribution >= 4 is 39.1 Å². The van der Waals surface area contributed by atoms with E-state index in [2.05, 4.69) is 40.3 Å². The summed E-state index contributed by atoms with van der Waals surface area (Å²) in [7, 11) is 0. The number of anilines is 1. The number of nitrogens with zero attached hydrogens (tertiary/aromatic N) is 1. The quantitative estimate of drug-likeness (QED) is 0.536. The molecule has 0 radical (unpaired) electrons. The van der Waals surface area contributed by atoms with E-state index in [9.17, 15) is 0 Å². The number of fused-ring (bicyclic) bond motifs is 2. The van der Waals surface area contributed by atoms with Crippen LogP contribution in [-0.2, 0) is 0 Å². The van der Waals surface area contributed by atoms with Crippen molar-refractivity contribution in [2.24, 2.45) is 0 Å². The van der Waals surface area contributed by atoms with Crippen LogP contribution in [0.4, 0.5) is 5.69 Å². The number of para-hydroxylation sites is 1. The van der Waals surface area contributed by atoms with Gasteiger partial charge in [0.1, 0.15) is 0 Å². The van der Waals surface area contributed by atoms with E-state index in [1.165, 1.54) is 5.39 Å². The van der Waals surface area contributed by atoms with Crippen LogP contribution in [0.15, 0.2) is 70.8 Å². The molecule has 2 aromatic heterocycles. The molecule has 0 fully saturated rings. The van der Waals surface area contributed by atoms with Gasteiger partial charge < -0.3 is 10.7 Å². The lowest BCUT2D eigenvalue weighted by atomic mass is 10.1. The van der Waals surface area contributed by atoms with Gasteiger partial charge in [0, 0.05) is 39.0 Å². The molecular weight excluding hydrogens is 278 g/mol. The summed E-state index contributed by atoms with van der Waals surface area (Å²) in [4.78, 5) is 8.60. The molecule has 2 aromatic carbocycles. The van der Waals surface area contributed by atoms with Crippen molar-refractivity contribution in [2.75, 3.05) is 5.73 Å². The van der Waals surface area contributed by atoms with Crippen molar-refractivity contribution in [3.63, 3.8) is 0 Å². The molecule has 0 atom stereocenters. The second-order valence-corrected chi connectivity index (χ2v) is 5.98. The highest BCUT2D eigenvalue weighted by Gasteiger charge is 2.08. The Bertz CT molecular complexity index is 910. The Kier molecular flexibility index (Phi) is 2.82. The first-order valence-corrected chi connectivity index (χ1v) is 7.51. The maximum atomic E-state index is 6.30. The van der Waals surface area contributed by atoms with Gasteiger partial charge in [-0.15, -0.1) is 0 Å². The molecular formula is C17H13N3S. The molecule has 21 heavy (non-hydrogen) atoms. The predicted octanol–water partition coefficient (Wildman–Crippen LogP) is 4.45. The topological polar surface area (TPSA) is 54.7 Å². The molecule has 0 spiro atoms. The number of aromatic amines is 1. The number of benzene rings is 2. The molecule has 0 unspecified atom stereocenters. The molecule has 102 valence electrons. The summed E-state index contributed by atoms with van der Waals surface area (Å²) < 4.78 is 0. The highest BCUT2D eigenvalue weighted by molar-refractivity contribution is 7.99. The fraction of sp³-hybridized carbons (Fsp3) is 0. The van der Waals surface area contributed by atoms with Crippen LogP contribution in [0.2, 0.25) is 0 Å². The number of aromatic nitrogens is 2. The number of pyridine rings is 1. The smallest absolute Gasteiger partial charge is 0.0781 e. The average molecular weight is 291 g/mol. The van der Waals surface area contributed by atoms with Crippen molar-refractivity contribution in [3.05, 3.63) is 60.9 Å². The summed E-state index contributed by atoms with van der Waals surface area (Å²) in [6.45, 7) is 0. The summed E-state index contributed by atoms with van der Waals surface area (Å²) in [5.74, 6) is 0. The van der Waals surface area contributed by atoms with E-state index in [0.29, 0.717) is 0 Å². The lowest BCUT2D eigenvalue weighted by Gasteiger charge is -2.07. The largest absolute Gasteiger partial charge is 0.397 e. The highest BCUT2D eigenvalue weighted by Crippen LogP contribution is 2.36. The van der Waals surface area contributed by atoms with Gasteiger partial charge in [0.15, 0.2) is 0 Å². The predicted molar refractivity (Wildman–Crippen MR) is 88.6 cm³/mol. The van der Waals surface area contributed by atoms with Crippen LogP contribution in [-0.4, -0.2) is 9.97 Å². The van der Waals surface area contributed by atoms with Gasteiger partial charge in [-0.1, -0.05) is 36.0 Å². The molecule has 0 saturated heterocycles. The van der Waals surface area contributed by atoms with Crippen LogP contribution >= 0.6 is 11.8 Å². The van der Waals surface area contributed by atoms with E-state index in [0.717, 1.165) is 31.9 Å². The number of nitrogen functional groups attached to an aromatic ring is 1. The molecule has 4 aromatic rings. The third kappa shape index (κ3) is 2.14. The minimum atomic E-state index is 0.804. The Morgan fingerprint density at radius 1 is 1.00 bits per heavy atom. The Morgan fingerprint density at radius 2 is 1.90 bits per heavy atom. The second kappa shape index (κ2) is 4.82. The van der Waals surface area contributed by atoms with Gasteiger partial charge >= 0.3 is 0 Å². The van der Waals surface area contributed by atoms with Gasteiger partial charge in [0.2, 0.25) is 0 Å². The number of rotatable bonds is 2. The first-order chi connectivity index (χ1) is 10.3. The number of hydrogen-bond acceptors (Lipinski definition) is 3. The minimum absolute atomic E-state index is 0.804. The Hall–Kier alpha value is -2.46. The van der Waals surface area contributed by atoms with Crippen LogP contribution in [0.3, 0.4) is 0 Å².